The molecule has 2 aliphatic rings. The van der Waals surface area contributed by atoms with Gasteiger partial charge in [0.25, 0.3) is 0 Å². The molecule has 1 saturated heterocycles. The zero-order valence-electron chi connectivity index (χ0n) is 11.3. The summed E-state index contributed by atoms with van der Waals surface area (Å²) in [6.45, 7) is 5.76. The molecule has 3 nitrogen and oxygen atoms in total. The predicted octanol–water partition coefficient (Wildman–Crippen LogP) is 2.78. The second-order valence-corrected chi connectivity index (χ2v) is 6.63. The lowest BCUT2D eigenvalue weighted by Gasteiger charge is -2.48. The number of carbonyl (C=O) groups is 1. The Bertz CT molecular complexity index is 277. The van der Waals surface area contributed by atoms with Gasteiger partial charge in [-0.1, -0.05) is 25.7 Å². The van der Waals surface area contributed by atoms with Gasteiger partial charge in [0.05, 0.1) is 0 Å². The van der Waals surface area contributed by atoms with Crippen LogP contribution in [-0.4, -0.2) is 23.2 Å². The number of carbonyl (C=O) groups excluding carboxylic acids is 1. The Balaban J connectivity index is 1.83. The third kappa shape index (κ3) is 3.21. The van der Waals surface area contributed by atoms with Crippen LogP contribution in [-0.2, 0) is 9.53 Å². The highest BCUT2D eigenvalue weighted by Crippen LogP contribution is 2.38. The lowest BCUT2D eigenvalue weighted by Crippen LogP contribution is -2.66. The van der Waals surface area contributed by atoms with Crippen molar-refractivity contribution in [3.63, 3.8) is 0 Å². The molecule has 1 N–H and O–H groups in total. The van der Waals surface area contributed by atoms with E-state index in [1.807, 2.05) is 20.8 Å². The van der Waals surface area contributed by atoms with Gasteiger partial charge in [-0.2, -0.15) is 0 Å². The summed E-state index contributed by atoms with van der Waals surface area (Å²) >= 11 is 0. The van der Waals surface area contributed by atoms with E-state index in [0.717, 1.165) is 6.42 Å². The van der Waals surface area contributed by atoms with Gasteiger partial charge in [-0.05, 0) is 40.0 Å². The maximum absolute atomic E-state index is 11.9. The molecular weight excluding hydrogens is 214 g/mol. The molecule has 0 aromatic heterocycles. The zero-order chi connectivity index (χ0) is 12.5. The third-order valence-electron chi connectivity index (χ3n) is 3.83. The SMILES string of the molecule is CC(C)(C)OC(=O)C1CC2(CCCCCC2)N1. The molecule has 2 fully saturated rings. The molecule has 0 bridgehead atoms. The first-order valence-corrected chi connectivity index (χ1v) is 6.91. The van der Waals surface area contributed by atoms with Crippen LogP contribution >= 0.6 is 0 Å². The first-order valence-electron chi connectivity index (χ1n) is 6.91. The van der Waals surface area contributed by atoms with E-state index in [0.29, 0.717) is 0 Å². The van der Waals surface area contributed by atoms with Crippen molar-refractivity contribution in [2.45, 2.75) is 82.9 Å². The molecule has 1 aliphatic heterocycles. The molecule has 2 rings (SSSR count). The number of ether oxygens (including phenoxy) is 1. The fraction of sp³-hybridized carbons (Fsp3) is 0.929. The van der Waals surface area contributed by atoms with Gasteiger partial charge in [0, 0.05) is 5.54 Å². The quantitative estimate of drug-likeness (QED) is 0.715. The maximum Gasteiger partial charge on any atom is 0.323 e. The summed E-state index contributed by atoms with van der Waals surface area (Å²) in [7, 11) is 0. The van der Waals surface area contributed by atoms with Crippen LogP contribution < -0.4 is 5.32 Å². The van der Waals surface area contributed by atoms with Crippen molar-refractivity contribution in [1.29, 1.82) is 0 Å². The summed E-state index contributed by atoms with van der Waals surface area (Å²) in [5, 5.41) is 3.48. The monoisotopic (exact) mass is 239 g/mol. The predicted molar refractivity (Wildman–Crippen MR) is 67.8 cm³/mol. The average Bonchev–Trinajstić information content (AvgIpc) is 2.36. The van der Waals surface area contributed by atoms with Crippen LogP contribution in [0.1, 0.15) is 65.7 Å². The molecule has 1 saturated carbocycles. The van der Waals surface area contributed by atoms with Crippen LogP contribution in [0, 0.1) is 0 Å². The Kier molecular flexibility index (Phi) is 3.48. The minimum absolute atomic E-state index is 0.0627. The standard InChI is InChI=1S/C14H25NO2/c1-13(2,3)17-12(16)11-10-14(15-11)8-6-4-5-7-9-14/h11,15H,4-10H2,1-3H3. The molecule has 98 valence electrons. The van der Waals surface area contributed by atoms with Crippen molar-refractivity contribution in [2.24, 2.45) is 0 Å². The number of nitrogens with one attached hydrogen (secondary N) is 1. The summed E-state index contributed by atoms with van der Waals surface area (Å²) in [5.41, 5.74) is -0.108. The number of hydrogen-bond donors (Lipinski definition) is 1. The topological polar surface area (TPSA) is 38.3 Å². The minimum atomic E-state index is -0.370. The molecule has 0 aromatic carbocycles. The highest BCUT2D eigenvalue weighted by atomic mass is 16.6. The molecule has 3 heteroatoms. The molecule has 17 heavy (non-hydrogen) atoms. The van der Waals surface area contributed by atoms with Crippen molar-refractivity contribution in [2.75, 3.05) is 0 Å². The van der Waals surface area contributed by atoms with Crippen molar-refractivity contribution < 1.29 is 9.53 Å². The number of esters is 1. The van der Waals surface area contributed by atoms with E-state index in [1.54, 1.807) is 0 Å². The van der Waals surface area contributed by atoms with E-state index >= 15 is 0 Å². The molecular formula is C14H25NO2. The van der Waals surface area contributed by atoms with E-state index in [-0.39, 0.29) is 23.2 Å². The van der Waals surface area contributed by atoms with Gasteiger partial charge in [0.15, 0.2) is 0 Å². The highest BCUT2D eigenvalue weighted by Gasteiger charge is 2.47. The Labute approximate surface area is 104 Å². The second kappa shape index (κ2) is 4.60. The normalized spacial score (nSPS) is 28.3. The Hall–Kier alpha value is -0.570. The molecule has 1 aliphatic carbocycles. The van der Waals surface area contributed by atoms with Crippen molar-refractivity contribution in [3.05, 3.63) is 0 Å². The Morgan fingerprint density at radius 1 is 1.18 bits per heavy atom. The van der Waals surface area contributed by atoms with Crippen LogP contribution in [0.25, 0.3) is 0 Å². The molecule has 0 aromatic rings. The largest absolute Gasteiger partial charge is 0.459 e. The van der Waals surface area contributed by atoms with Gasteiger partial charge in [0.1, 0.15) is 11.6 Å². The molecule has 1 atom stereocenters. The van der Waals surface area contributed by atoms with Crippen LogP contribution in [0.3, 0.4) is 0 Å². The van der Waals surface area contributed by atoms with Crippen LogP contribution in [0.4, 0.5) is 0 Å². The van der Waals surface area contributed by atoms with Crippen molar-refractivity contribution in [1.82, 2.24) is 5.32 Å². The van der Waals surface area contributed by atoms with Gasteiger partial charge < -0.3 is 4.74 Å². The van der Waals surface area contributed by atoms with Crippen molar-refractivity contribution >= 4 is 5.97 Å². The second-order valence-electron chi connectivity index (χ2n) is 6.63. The van der Waals surface area contributed by atoms with Gasteiger partial charge in [-0.3, -0.25) is 10.1 Å². The summed E-state index contributed by atoms with van der Waals surface area (Å²) in [6, 6.07) is -0.0627. The fourth-order valence-corrected chi connectivity index (χ4v) is 3.01. The summed E-state index contributed by atoms with van der Waals surface area (Å²) in [6.07, 6.45) is 8.73. The number of hydrogen-bond acceptors (Lipinski definition) is 3. The zero-order valence-corrected chi connectivity index (χ0v) is 11.3. The summed E-state index contributed by atoms with van der Waals surface area (Å²) < 4.78 is 5.41. The van der Waals surface area contributed by atoms with E-state index in [4.69, 9.17) is 4.74 Å². The smallest absolute Gasteiger partial charge is 0.323 e. The van der Waals surface area contributed by atoms with Gasteiger partial charge in [0.2, 0.25) is 0 Å². The van der Waals surface area contributed by atoms with E-state index in [1.165, 1.54) is 38.5 Å². The Morgan fingerprint density at radius 2 is 1.71 bits per heavy atom. The summed E-state index contributed by atoms with van der Waals surface area (Å²) in [4.78, 5) is 11.9. The van der Waals surface area contributed by atoms with Crippen LogP contribution in [0.5, 0.6) is 0 Å². The maximum atomic E-state index is 11.9. The molecule has 1 unspecified atom stereocenters. The molecule has 1 heterocycles. The van der Waals surface area contributed by atoms with Gasteiger partial charge >= 0.3 is 5.97 Å². The molecule has 1 spiro atoms. The highest BCUT2D eigenvalue weighted by molar-refractivity contribution is 5.77. The first-order chi connectivity index (χ1) is 7.90. The van der Waals surface area contributed by atoms with E-state index in [2.05, 4.69) is 5.32 Å². The molecule has 0 amide bonds. The van der Waals surface area contributed by atoms with E-state index < -0.39 is 0 Å². The Morgan fingerprint density at radius 3 is 2.18 bits per heavy atom. The van der Waals surface area contributed by atoms with Crippen LogP contribution in [0.2, 0.25) is 0 Å². The minimum Gasteiger partial charge on any atom is -0.459 e. The molecule has 0 radical (unpaired) electrons. The van der Waals surface area contributed by atoms with E-state index in [9.17, 15) is 4.79 Å². The lowest BCUT2D eigenvalue weighted by atomic mass is 9.76. The fourth-order valence-electron chi connectivity index (χ4n) is 3.01. The number of rotatable bonds is 1. The third-order valence-corrected chi connectivity index (χ3v) is 3.83. The first kappa shape index (κ1) is 12.9. The average molecular weight is 239 g/mol. The van der Waals surface area contributed by atoms with Crippen molar-refractivity contribution in [3.8, 4) is 0 Å². The lowest BCUT2D eigenvalue weighted by molar-refractivity contribution is -0.162. The van der Waals surface area contributed by atoms with Crippen LogP contribution in [0.15, 0.2) is 0 Å². The van der Waals surface area contributed by atoms with Gasteiger partial charge in [-0.25, -0.2) is 0 Å². The summed E-state index contributed by atoms with van der Waals surface area (Å²) in [5.74, 6) is -0.0765. The van der Waals surface area contributed by atoms with Gasteiger partial charge in [-0.15, -0.1) is 0 Å².